The third-order valence-corrected chi connectivity index (χ3v) is 4.17. The highest BCUT2D eigenvalue weighted by molar-refractivity contribution is 5.78. The Morgan fingerprint density at radius 1 is 1.40 bits per heavy atom. The molecule has 3 N–H and O–H groups in total. The fraction of sp³-hybridized carbons (Fsp3) is 0.562. The lowest BCUT2D eigenvalue weighted by molar-refractivity contribution is -0.123. The normalized spacial score (nSPS) is 23.5. The summed E-state index contributed by atoms with van der Waals surface area (Å²) in [6.07, 6.45) is 1.10. The van der Waals surface area contributed by atoms with Gasteiger partial charge in [-0.2, -0.15) is 0 Å². The molecule has 1 saturated heterocycles. The van der Waals surface area contributed by atoms with Crippen molar-refractivity contribution in [1.82, 2.24) is 10.2 Å². The van der Waals surface area contributed by atoms with Gasteiger partial charge in [0.05, 0.1) is 6.54 Å². The van der Waals surface area contributed by atoms with E-state index in [1.807, 2.05) is 30.3 Å². The topological polar surface area (TPSA) is 58.4 Å². The third kappa shape index (κ3) is 4.32. The quantitative estimate of drug-likeness (QED) is 0.849. The molecule has 1 fully saturated rings. The van der Waals surface area contributed by atoms with Gasteiger partial charge >= 0.3 is 0 Å². The highest BCUT2D eigenvalue weighted by Crippen LogP contribution is 2.21. The monoisotopic (exact) mass is 275 g/mol. The molecule has 2 rings (SSSR count). The van der Waals surface area contributed by atoms with Crippen molar-refractivity contribution in [3.8, 4) is 0 Å². The number of rotatable bonds is 5. The molecular weight excluding hydrogens is 250 g/mol. The Balaban J connectivity index is 1.72. The van der Waals surface area contributed by atoms with Gasteiger partial charge in [0.1, 0.15) is 0 Å². The first kappa shape index (κ1) is 15.0. The molecule has 110 valence electrons. The zero-order valence-corrected chi connectivity index (χ0v) is 12.2. The second-order valence-electron chi connectivity index (χ2n) is 5.76. The summed E-state index contributed by atoms with van der Waals surface area (Å²) in [6.45, 7) is 6.04. The summed E-state index contributed by atoms with van der Waals surface area (Å²) in [4.78, 5) is 14.2. The van der Waals surface area contributed by atoms with Crippen LogP contribution in [-0.4, -0.2) is 37.0 Å². The SMILES string of the molecule is CC1CN(CC(=O)NCc2ccccc2)CCC1CN. The van der Waals surface area contributed by atoms with E-state index in [1.165, 1.54) is 0 Å². The molecule has 1 amide bonds. The number of nitrogens with one attached hydrogen (secondary N) is 1. The van der Waals surface area contributed by atoms with Crippen molar-refractivity contribution >= 4 is 5.91 Å². The van der Waals surface area contributed by atoms with Gasteiger partial charge in [-0.15, -0.1) is 0 Å². The summed E-state index contributed by atoms with van der Waals surface area (Å²) in [7, 11) is 0. The summed E-state index contributed by atoms with van der Waals surface area (Å²) in [6, 6.07) is 10.0. The van der Waals surface area contributed by atoms with Crippen LogP contribution in [0.1, 0.15) is 18.9 Å². The lowest BCUT2D eigenvalue weighted by Gasteiger charge is -2.35. The van der Waals surface area contributed by atoms with Gasteiger partial charge in [0.25, 0.3) is 0 Å². The molecule has 0 spiro atoms. The molecule has 1 aromatic rings. The number of carbonyl (C=O) groups is 1. The fourth-order valence-corrected chi connectivity index (χ4v) is 2.83. The smallest absolute Gasteiger partial charge is 0.234 e. The van der Waals surface area contributed by atoms with Crippen molar-refractivity contribution in [2.24, 2.45) is 17.6 Å². The molecule has 1 aliphatic heterocycles. The maximum atomic E-state index is 12.0. The van der Waals surface area contributed by atoms with Crippen molar-refractivity contribution in [3.63, 3.8) is 0 Å². The van der Waals surface area contributed by atoms with Crippen LogP contribution in [0.25, 0.3) is 0 Å². The number of hydrogen-bond acceptors (Lipinski definition) is 3. The number of benzene rings is 1. The van der Waals surface area contributed by atoms with E-state index >= 15 is 0 Å². The van der Waals surface area contributed by atoms with E-state index in [-0.39, 0.29) is 5.91 Å². The minimum absolute atomic E-state index is 0.104. The molecule has 2 unspecified atom stereocenters. The van der Waals surface area contributed by atoms with Crippen molar-refractivity contribution in [1.29, 1.82) is 0 Å². The second kappa shape index (κ2) is 7.41. The number of nitrogens with zero attached hydrogens (tertiary/aromatic N) is 1. The van der Waals surface area contributed by atoms with E-state index < -0.39 is 0 Å². The minimum atomic E-state index is 0.104. The second-order valence-corrected chi connectivity index (χ2v) is 5.76. The van der Waals surface area contributed by atoms with Crippen LogP contribution >= 0.6 is 0 Å². The van der Waals surface area contributed by atoms with E-state index in [0.717, 1.165) is 31.6 Å². The Hall–Kier alpha value is -1.39. The maximum absolute atomic E-state index is 12.0. The van der Waals surface area contributed by atoms with Crippen molar-refractivity contribution in [2.45, 2.75) is 19.9 Å². The molecule has 0 aliphatic carbocycles. The Kier molecular flexibility index (Phi) is 5.56. The number of piperidine rings is 1. The number of carbonyl (C=O) groups excluding carboxylic acids is 1. The fourth-order valence-electron chi connectivity index (χ4n) is 2.83. The van der Waals surface area contributed by atoms with Crippen molar-refractivity contribution in [3.05, 3.63) is 35.9 Å². The molecule has 1 aliphatic rings. The van der Waals surface area contributed by atoms with Crippen LogP contribution in [0.4, 0.5) is 0 Å². The minimum Gasteiger partial charge on any atom is -0.351 e. The van der Waals surface area contributed by atoms with E-state index in [1.54, 1.807) is 0 Å². The molecule has 0 bridgehead atoms. The molecule has 0 radical (unpaired) electrons. The van der Waals surface area contributed by atoms with Crippen molar-refractivity contribution < 1.29 is 4.79 Å². The first-order valence-corrected chi connectivity index (χ1v) is 7.42. The van der Waals surface area contributed by atoms with Crippen LogP contribution in [0.5, 0.6) is 0 Å². The largest absolute Gasteiger partial charge is 0.351 e. The van der Waals surface area contributed by atoms with Crippen LogP contribution in [0, 0.1) is 11.8 Å². The van der Waals surface area contributed by atoms with Crippen molar-refractivity contribution in [2.75, 3.05) is 26.2 Å². The summed E-state index contributed by atoms with van der Waals surface area (Å²) in [5.41, 5.74) is 6.89. The lowest BCUT2D eigenvalue weighted by Crippen LogP contribution is -2.45. The molecule has 0 aromatic heterocycles. The molecule has 0 saturated carbocycles. The highest BCUT2D eigenvalue weighted by Gasteiger charge is 2.25. The van der Waals surface area contributed by atoms with Crippen LogP contribution in [0.15, 0.2) is 30.3 Å². The average molecular weight is 275 g/mol. The molecule has 1 aromatic carbocycles. The average Bonchev–Trinajstić information content (AvgIpc) is 2.46. The molecule has 1 heterocycles. The Morgan fingerprint density at radius 2 is 2.15 bits per heavy atom. The van der Waals surface area contributed by atoms with Crippen LogP contribution in [0.3, 0.4) is 0 Å². The van der Waals surface area contributed by atoms with Gasteiger partial charge in [0.2, 0.25) is 5.91 Å². The van der Waals surface area contributed by atoms with Gasteiger partial charge in [-0.1, -0.05) is 37.3 Å². The first-order valence-electron chi connectivity index (χ1n) is 7.42. The highest BCUT2D eigenvalue weighted by atomic mass is 16.2. The van der Waals surface area contributed by atoms with Gasteiger partial charge in [-0.3, -0.25) is 9.69 Å². The van der Waals surface area contributed by atoms with E-state index in [0.29, 0.717) is 24.9 Å². The lowest BCUT2D eigenvalue weighted by atomic mass is 9.87. The standard InChI is InChI=1S/C16H25N3O/c1-13-11-19(8-7-15(13)9-17)12-16(20)18-10-14-5-3-2-4-6-14/h2-6,13,15H,7-12,17H2,1H3,(H,18,20). The summed E-state index contributed by atoms with van der Waals surface area (Å²) in [5, 5.41) is 2.98. The van der Waals surface area contributed by atoms with Gasteiger partial charge in [-0.05, 0) is 36.9 Å². The van der Waals surface area contributed by atoms with E-state index in [2.05, 4.69) is 17.1 Å². The summed E-state index contributed by atoms with van der Waals surface area (Å²) in [5.74, 6) is 1.29. The van der Waals surface area contributed by atoms with Gasteiger partial charge in [-0.25, -0.2) is 0 Å². The molecule has 4 nitrogen and oxygen atoms in total. The third-order valence-electron chi connectivity index (χ3n) is 4.17. The van der Waals surface area contributed by atoms with Gasteiger partial charge < -0.3 is 11.1 Å². The van der Waals surface area contributed by atoms with Gasteiger partial charge in [0.15, 0.2) is 0 Å². The number of likely N-dealkylation sites (tertiary alicyclic amines) is 1. The maximum Gasteiger partial charge on any atom is 0.234 e. The molecule has 20 heavy (non-hydrogen) atoms. The predicted octanol–water partition coefficient (Wildman–Crippen LogP) is 1.22. The number of hydrogen-bond donors (Lipinski definition) is 2. The van der Waals surface area contributed by atoms with E-state index in [9.17, 15) is 4.79 Å². The van der Waals surface area contributed by atoms with Crippen LogP contribution < -0.4 is 11.1 Å². The summed E-state index contributed by atoms with van der Waals surface area (Å²) >= 11 is 0. The molecular formula is C16H25N3O. The Labute approximate surface area is 121 Å². The van der Waals surface area contributed by atoms with Crippen LogP contribution in [0.2, 0.25) is 0 Å². The first-order chi connectivity index (χ1) is 9.69. The number of nitrogens with two attached hydrogens (primary N) is 1. The molecule has 2 atom stereocenters. The zero-order valence-electron chi connectivity index (χ0n) is 12.2. The Morgan fingerprint density at radius 3 is 2.80 bits per heavy atom. The number of amides is 1. The summed E-state index contributed by atoms with van der Waals surface area (Å²) < 4.78 is 0. The van der Waals surface area contributed by atoms with Crippen LogP contribution in [-0.2, 0) is 11.3 Å². The zero-order chi connectivity index (χ0) is 14.4. The van der Waals surface area contributed by atoms with Gasteiger partial charge in [0, 0.05) is 13.1 Å². The molecule has 4 heteroatoms. The Bertz CT molecular complexity index is 421. The predicted molar refractivity (Wildman–Crippen MR) is 81.1 cm³/mol. The van der Waals surface area contributed by atoms with E-state index in [4.69, 9.17) is 5.73 Å².